The average Bonchev–Trinajstić information content (AvgIpc) is 2.50. The molecule has 9 heteroatoms. The van der Waals surface area contributed by atoms with Gasteiger partial charge in [-0.2, -0.15) is 0 Å². The lowest BCUT2D eigenvalue weighted by Crippen LogP contribution is -2.57. The van der Waals surface area contributed by atoms with Crippen molar-refractivity contribution in [2.24, 2.45) is 0 Å². The van der Waals surface area contributed by atoms with Gasteiger partial charge in [-0.3, -0.25) is 24.5 Å². The Kier molecular flexibility index (Phi) is 4.66. The lowest BCUT2D eigenvalue weighted by molar-refractivity contribution is -0.523. The maximum absolute atomic E-state index is 12.5. The molecule has 1 aliphatic carbocycles. The third-order valence-electron chi connectivity index (χ3n) is 3.86. The number of hydrogen-bond donors (Lipinski definition) is 1. The van der Waals surface area contributed by atoms with Crippen molar-refractivity contribution in [3.63, 3.8) is 0 Å². The Morgan fingerprint density at radius 2 is 2.23 bits per heavy atom. The van der Waals surface area contributed by atoms with Crippen LogP contribution in [0.2, 0.25) is 0 Å². The summed E-state index contributed by atoms with van der Waals surface area (Å²) in [5.74, 6) is -1.84. The zero-order chi connectivity index (χ0) is 16.5. The summed E-state index contributed by atoms with van der Waals surface area (Å²) in [4.78, 5) is 45.3. The zero-order valence-electron chi connectivity index (χ0n) is 11.9. The number of hydrogen-bond acceptors (Lipinski definition) is 7. The second-order valence-corrected chi connectivity index (χ2v) is 6.02. The van der Waals surface area contributed by atoms with Gasteiger partial charge in [0.2, 0.25) is 11.0 Å². The smallest absolute Gasteiger partial charge is 0.273 e. The van der Waals surface area contributed by atoms with Crippen molar-refractivity contribution in [1.82, 2.24) is 4.90 Å². The molecule has 3 unspecified atom stereocenters. The molecule has 0 spiro atoms. The molecule has 0 aromatic rings. The van der Waals surface area contributed by atoms with E-state index in [0.29, 0.717) is 6.42 Å². The number of Topliss-reactive ketones (excluding diaryl/α,β-unsaturated/α-hetero) is 2. The molecule has 2 aliphatic rings. The number of likely N-dealkylation sites (N-methyl/N-ethyl adjacent to an activating group) is 1. The molecule has 2 rings (SSSR count). The number of amides is 1. The number of nitro groups is 1. The highest BCUT2D eigenvalue weighted by atomic mass is 32.1. The standard InChI is InChI=1S/C13H16N2O6S/c1-14(8-3-2-4-9(5-8)15(19)20)12(18)13(22)11(17)6-10(16)7-21-13/h2-3,8-9,22H,4-7H2,1H3. The molecule has 1 aliphatic heterocycles. The average molecular weight is 328 g/mol. The van der Waals surface area contributed by atoms with E-state index in [1.165, 1.54) is 11.9 Å². The highest BCUT2D eigenvalue weighted by Gasteiger charge is 2.50. The minimum Gasteiger partial charge on any atom is -0.341 e. The van der Waals surface area contributed by atoms with Gasteiger partial charge >= 0.3 is 0 Å². The van der Waals surface area contributed by atoms with Gasteiger partial charge < -0.3 is 9.64 Å². The second-order valence-electron chi connectivity index (χ2n) is 5.39. The molecule has 1 heterocycles. The van der Waals surface area contributed by atoms with Crippen molar-refractivity contribution in [1.29, 1.82) is 0 Å². The van der Waals surface area contributed by atoms with E-state index >= 15 is 0 Å². The summed E-state index contributed by atoms with van der Waals surface area (Å²) in [7, 11) is 1.44. The lowest BCUT2D eigenvalue weighted by Gasteiger charge is -2.36. The van der Waals surface area contributed by atoms with Crippen molar-refractivity contribution < 1.29 is 24.0 Å². The van der Waals surface area contributed by atoms with Gasteiger partial charge in [-0.15, -0.1) is 12.6 Å². The summed E-state index contributed by atoms with van der Waals surface area (Å²) in [5, 5.41) is 10.9. The van der Waals surface area contributed by atoms with Crippen LogP contribution in [0.15, 0.2) is 12.2 Å². The normalized spacial score (nSPS) is 31.9. The Balaban J connectivity index is 2.13. The van der Waals surface area contributed by atoms with Crippen LogP contribution in [0.5, 0.6) is 0 Å². The van der Waals surface area contributed by atoms with Crippen LogP contribution >= 0.6 is 12.6 Å². The fraction of sp³-hybridized carbons (Fsp3) is 0.615. The first kappa shape index (κ1) is 16.6. The number of ketones is 2. The molecule has 0 saturated carbocycles. The molecule has 1 fully saturated rings. The Morgan fingerprint density at radius 1 is 1.55 bits per heavy atom. The maximum atomic E-state index is 12.5. The number of thiol groups is 1. The third-order valence-corrected chi connectivity index (χ3v) is 4.43. The van der Waals surface area contributed by atoms with E-state index in [-0.39, 0.29) is 18.0 Å². The number of rotatable bonds is 3. The van der Waals surface area contributed by atoms with Gasteiger partial charge in [0.1, 0.15) is 6.61 Å². The van der Waals surface area contributed by atoms with Crippen LogP contribution in [0.4, 0.5) is 0 Å². The summed E-state index contributed by atoms with van der Waals surface area (Å²) in [6.45, 7) is -0.354. The van der Waals surface area contributed by atoms with Crippen molar-refractivity contribution >= 4 is 30.1 Å². The minimum absolute atomic E-state index is 0.155. The summed E-state index contributed by atoms with van der Waals surface area (Å²) in [5.41, 5.74) is 0. The number of nitrogens with zero attached hydrogens (tertiary/aromatic N) is 2. The van der Waals surface area contributed by atoms with Crippen molar-refractivity contribution in [3.05, 3.63) is 22.3 Å². The van der Waals surface area contributed by atoms with Crippen LogP contribution in [0, 0.1) is 10.1 Å². The summed E-state index contributed by atoms with van der Waals surface area (Å²) in [6, 6.07) is -1.29. The van der Waals surface area contributed by atoms with Crippen LogP contribution in [0.25, 0.3) is 0 Å². The van der Waals surface area contributed by atoms with Crippen LogP contribution in [0.1, 0.15) is 19.3 Å². The van der Waals surface area contributed by atoms with E-state index in [9.17, 15) is 24.5 Å². The SMILES string of the molecule is CN(C(=O)C1(S)OCC(=O)CC1=O)C1C=CCC([N+](=O)[O-])C1. The van der Waals surface area contributed by atoms with Crippen LogP contribution in [-0.4, -0.2) is 58.0 Å². The molecule has 1 saturated heterocycles. The van der Waals surface area contributed by atoms with Gasteiger partial charge in [-0.1, -0.05) is 12.2 Å². The zero-order valence-corrected chi connectivity index (χ0v) is 12.8. The van der Waals surface area contributed by atoms with E-state index in [2.05, 4.69) is 12.6 Å². The Bertz CT molecular complexity index is 563. The van der Waals surface area contributed by atoms with E-state index in [1.54, 1.807) is 12.2 Å². The Labute approximate surface area is 132 Å². The molecule has 0 aromatic carbocycles. The van der Waals surface area contributed by atoms with E-state index in [4.69, 9.17) is 4.74 Å². The van der Waals surface area contributed by atoms with Crippen molar-refractivity contribution in [2.45, 2.75) is 36.3 Å². The van der Waals surface area contributed by atoms with Crippen molar-refractivity contribution in [2.75, 3.05) is 13.7 Å². The minimum atomic E-state index is -2.00. The largest absolute Gasteiger partial charge is 0.341 e. The van der Waals surface area contributed by atoms with Gasteiger partial charge in [0.05, 0.1) is 12.5 Å². The first-order chi connectivity index (χ1) is 10.3. The third kappa shape index (κ3) is 3.05. The van der Waals surface area contributed by atoms with E-state index in [0.717, 1.165) is 0 Å². The van der Waals surface area contributed by atoms with Gasteiger partial charge in [0, 0.05) is 24.8 Å². The van der Waals surface area contributed by atoms with E-state index in [1.807, 2.05) is 0 Å². The second kappa shape index (κ2) is 6.17. The highest BCUT2D eigenvalue weighted by Crippen LogP contribution is 2.29. The highest BCUT2D eigenvalue weighted by molar-refractivity contribution is 7.83. The van der Waals surface area contributed by atoms with Gasteiger partial charge in [0.15, 0.2) is 11.6 Å². The van der Waals surface area contributed by atoms with Gasteiger partial charge in [0.25, 0.3) is 5.91 Å². The van der Waals surface area contributed by atoms with Gasteiger partial charge in [-0.25, -0.2) is 0 Å². The molecule has 8 nitrogen and oxygen atoms in total. The Morgan fingerprint density at radius 3 is 2.82 bits per heavy atom. The molecule has 0 N–H and O–H groups in total. The quantitative estimate of drug-likeness (QED) is 0.257. The van der Waals surface area contributed by atoms with Crippen molar-refractivity contribution in [3.8, 4) is 0 Å². The number of ether oxygens (including phenoxy) is 1. The maximum Gasteiger partial charge on any atom is 0.273 e. The molecule has 0 radical (unpaired) electrons. The molecule has 1 amide bonds. The molecular weight excluding hydrogens is 312 g/mol. The fourth-order valence-corrected chi connectivity index (χ4v) is 2.79. The van der Waals surface area contributed by atoms with Crippen LogP contribution in [0.3, 0.4) is 0 Å². The van der Waals surface area contributed by atoms with Crippen LogP contribution < -0.4 is 0 Å². The fourth-order valence-electron chi connectivity index (χ4n) is 2.49. The Hall–Kier alpha value is -1.74. The number of carbonyl (C=O) groups excluding carboxylic acids is 3. The molecular formula is C13H16N2O6S. The predicted molar refractivity (Wildman–Crippen MR) is 78.0 cm³/mol. The molecule has 3 atom stereocenters. The molecule has 22 heavy (non-hydrogen) atoms. The summed E-state index contributed by atoms with van der Waals surface area (Å²) in [6.07, 6.45) is 3.39. The monoisotopic (exact) mass is 328 g/mol. The first-order valence-corrected chi connectivity index (χ1v) is 7.19. The topological polar surface area (TPSA) is 107 Å². The lowest BCUT2D eigenvalue weighted by atomic mass is 9.96. The number of carbonyl (C=O) groups is 3. The van der Waals surface area contributed by atoms with E-state index < -0.39 is 40.9 Å². The first-order valence-electron chi connectivity index (χ1n) is 6.74. The summed E-state index contributed by atoms with van der Waals surface area (Å²) >= 11 is 4.03. The van der Waals surface area contributed by atoms with Crippen LogP contribution in [-0.2, 0) is 19.1 Å². The predicted octanol–water partition coefficient (Wildman–Crippen LogP) is -0.00670. The summed E-state index contributed by atoms with van der Waals surface area (Å²) < 4.78 is 5.05. The molecule has 0 aromatic heterocycles. The molecule has 0 bridgehead atoms. The molecule has 120 valence electrons. The van der Waals surface area contributed by atoms with Gasteiger partial charge in [-0.05, 0) is 0 Å².